The minimum atomic E-state index is -0.754. The highest BCUT2D eigenvalue weighted by Gasteiger charge is 2.15. The molecule has 2 aromatic carbocycles. The van der Waals surface area contributed by atoms with Gasteiger partial charge in [-0.1, -0.05) is 0 Å². The van der Waals surface area contributed by atoms with Crippen molar-refractivity contribution in [3.05, 3.63) is 71.6 Å². The monoisotopic (exact) mass is 270 g/mol. The molecule has 0 bridgehead atoms. The summed E-state index contributed by atoms with van der Waals surface area (Å²) in [5, 5.41) is 0. The molecule has 1 aromatic heterocycles. The summed E-state index contributed by atoms with van der Waals surface area (Å²) in [4.78, 5) is 20.4. The van der Waals surface area contributed by atoms with Crippen molar-refractivity contribution in [3.8, 4) is 0 Å². The van der Waals surface area contributed by atoms with Crippen LogP contribution in [0.1, 0.15) is 15.9 Å². The summed E-state index contributed by atoms with van der Waals surface area (Å²) in [6.07, 6.45) is 3.04. The SMILES string of the molecule is O=C(c1ccc2nccnc2c1)c1cc(F)ccc1F. The average Bonchev–Trinajstić information content (AvgIpc) is 2.48. The molecule has 0 fully saturated rings. The normalized spacial score (nSPS) is 10.7. The maximum Gasteiger partial charge on any atom is 0.196 e. The maximum absolute atomic E-state index is 13.6. The van der Waals surface area contributed by atoms with Crippen molar-refractivity contribution in [1.82, 2.24) is 9.97 Å². The number of halogens is 2. The van der Waals surface area contributed by atoms with Crippen molar-refractivity contribution in [3.63, 3.8) is 0 Å². The summed E-state index contributed by atoms with van der Waals surface area (Å²) in [6, 6.07) is 7.44. The van der Waals surface area contributed by atoms with E-state index in [1.807, 2.05) is 0 Å². The van der Waals surface area contributed by atoms with Gasteiger partial charge in [-0.05, 0) is 36.4 Å². The van der Waals surface area contributed by atoms with Crippen molar-refractivity contribution < 1.29 is 13.6 Å². The molecule has 98 valence electrons. The number of benzene rings is 2. The first-order valence-electron chi connectivity index (χ1n) is 5.86. The van der Waals surface area contributed by atoms with Gasteiger partial charge >= 0.3 is 0 Å². The summed E-state index contributed by atoms with van der Waals surface area (Å²) < 4.78 is 26.7. The Hall–Kier alpha value is -2.69. The predicted molar refractivity (Wildman–Crippen MR) is 69.3 cm³/mol. The van der Waals surface area contributed by atoms with Crippen LogP contribution < -0.4 is 0 Å². The highest BCUT2D eigenvalue weighted by atomic mass is 19.1. The summed E-state index contributed by atoms with van der Waals surface area (Å²) in [6.45, 7) is 0. The van der Waals surface area contributed by atoms with Gasteiger partial charge in [-0.3, -0.25) is 14.8 Å². The molecule has 0 unspecified atom stereocenters. The molecule has 0 spiro atoms. The van der Waals surface area contributed by atoms with E-state index in [1.54, 1.807) is 6.07 Å². The topological polar surface area (TPSA) is 42.9 Å². The van der Waals surface area contributed by atoms with Gasteiger partial charge in [0.15, 0.2) is 5.78 Å². The molecule has 0 aliphatic heterocycles. The van der Waals surface area contributed by atoms with Crippen molar-refractivity contribution in [1.29, 1.82) is 0 Å². The number of carbonyl (C=O) groups is 1. The lowest BCUT2D eigenvalue weighted by Crippen LogP contribution is -2.05. The molecule has 0 aliphatic rings. The lowest BCUT2D eigenvalue weighted by atomic mass is 10.0. The second-order valence-electron chi connectivity index (χ2n) is 4.21. The third kappa shape index (κ3) is 2.14. The fourth-order valence-electron chi connectivity index (χ4n) is 1.93. The molecule has 0 saturated heterocycles. The van der Waals surface area contributed by atoms with E-state index < -0.39 is 17.4 Å². The zero-order valence-electron chi connectivity index (χ0n) is 10.2. The quantitative estimate of drug-likeness (QED) is 0.672. The van der Waals surface area contributed by atoms with Crippen LogP contribution in [0, 0.1) is 11.6 Å². The van der Waals surface area contributed by atoms with Crippen LogP contribution in [0.5, 0.6) is 0 Å². The number of hydrogen-bond donors (Lipinski definition) is 0. The molecule has 0 aliphatic carbocycles. The van der Waals surface area contributed by atoms with E-state index >= 15 is 0 Å². The van der Waals surface area contributed by atoms with Crippen LogP contribution in [0.15, 0.2) is 48.8 Å². The van der Waals surface area contributed by atoms with E-state index in [-0.39, 0.29) is 11.1 Å². The Balaban J connectivity index is 2.10. The van der Waals surface area contributed by atoms with Gasteiger partial charge in [0.25, 0.3) is 0 Å². The molecule has 0 atom stereocenters. The van der Waals surface area contributed by atoms with Crippen LogP contribution in [0.4, 0.5) is 8.78 Å². The van der Waals surface area contributed by atoms with Gasteiger partial charge in [-0.25, -0.2) is 8.78 Å². The Morgan fingerprint density at radius 3 is 2.45 bits per heavy atom. The first kappa shape index (κ1) is 12.3. The lowest BCUT2D eigenvalue weighted by molar-refractivity contribution is 0.103. The fraction of sp³-hybridized carbons (Fsp3) is 0. The summed E-state index contributed by atoms with van der Waals surface area (Å²) >= 11 is 0. The van der Waals surface area contributed by atoms with Crippen LogP contribution in [0.3, 0.4) is 0 Å². The van der Waals surface area contributed by atoms with Crippen molar-refractivity contribution in [2.45, 2.75) is 0 Å². The molecule has 3 nitrogen and oxygen atoms in total. The zero-order valence-corrected chi connectivity index (χ0v) is 10.2. The van der Waals surface area contributed by atoms with E-state index in [0.717, 1.165) is 18.2 Å². The maximum atomic E-state index is 13.6. The van der Waals surface area contributed by atoms with Crippen molar-refractivity contribution >= 4 is 16.8 Å². The molecule has 0 radical (unpaired) electrons. The lowest BCUT2D eigenvalue weighted by Gasteiger charge is -2.04. The summed E-state index contributed by atoms with van der Waals surface area (Å²) in [5.74, 6) is -2.00. The number of fused-ring (bicyclic) bond motifs is 1. The first-order valence-corrected chi connectivity index (χ1v) is 5.86. The first-order chi connectivity index (χ1) is 9.65. The van der Waals surface area contributed by atoms with Crippen LogP contribution in [0.25, 0.3) is 11.0 Å². The number of rotatable bonds is 2. The standard InChI is InChI=1S/C15H8F2N2O/c16-10-2-3-12(17)11(8-10)15(20)9-1-4-13-14(7-9)19-6-5-18-13/h1-8H. The van der Waals surface area contributed by atoms with Crippen molar-refractivity contribution in [2.75, 3.05) is 0 Å². The molecule has 0 amide bonds. The third-order valence-electron chi connectivity index (χ3n) is 2.90. The Bertz CT molecular complexity index is 818. The number of carbonyl (C=O) groups excluding carboxylic acids is 1. The van der Waals surface area contributed by atoms with Crippen LogP contribution in [-0.2, 0) is 0 Å². The molecule has 0 saturated carbocycles. The smallest absolute Gasteiger partial charge is 0.196 e. The molecule has 20 heavy (non-hydrogen) atoms. The van der Waals surface area contributed by atoms with Gasteiger partial charge < -0.3 is 0 Å². The predicted octanol–water partition coefficient (Wildman–Crippen LogP) is 3.14. The van der Waals surface area contributed by atoms with Gasteiger partial charge in [0.05, 0.1) is 16.6 Å². The van der Waals surface area contributed by atoms with Gasteiger partial charge in [0, 0.05) is 18.0 Å². The number of aromatic nitrogens is 2. The minimum Gasteiger partial charge on any atom is -0.288 e. The third-order valence-corrected chi connectivity index (χ3v) is 2.90. The van der Waals surface area contributed by atoms with Gasteiger partial charge in [-0.15, -0.1) is 0 Å². The fourth-order valence-corrected chi connectivity index (χ4v) is 1.93. The number of ketones is 1. The van der Waals surface area contributed by atoms with Gasteiger partial charge in [0.2, 0.25) is 0 Å². The average molecular weight is 270 g/mol. The van der Waals surface area contributed by atoms with Crippen molar-refractivity contribution in [2.24, 2.45) is 0 Å². The van der Waals surface area contributed by atoms with E-state index in [1.165, 1.54) is 24.5 Å². The molecule has 0 N–H and O–H groups in total. The largest absolute Gasteiger partial charge is 0.288 e. The molecule has 5 heteroatoms. The molecule has 3 aromatic rings. The number of hydrogen-bond acceptors (Lipinski definition) is 3. The highest BCUT2D eigenvalue weighted by molar-refractivity contribution is 6.10. The molecular weight excluding hydrogens is 262 g/mol. The Kier molecular flexibility index (Phi) is 2.95. The Morgan fingerprint density at radius 1 is 0.900 bits per heavy atom. The second kappa shape index (κ2) is 4.77. The molecule has 3 rings (SSSR count). The summed E-state index contributed by atoms with van der Waals surface area (Å²) in [5.41, 5.74) is 1.09. The van der Waals surface area contributed by atoms with Gasteiger partial charge in [0.1, 0.15) is 11.6 Å². The highest BCUT2D eigenvalue weighted by Crippen LogP contribution is 2.18. The van der Waals surface area contributed by atoms with Crippen LogP contribution in [-0.4, -0.2) is 15.8 Å². The van der Waals surface area contributed by atoms with E-state index in [9.17, 15) is 13.6 Å². The summed E-state index contributed by atoms with van der Waals surface area (Å²) in [7, 11) is 0. The van der Waals surface area contributed by atoms with Crippen LogP contribution >= 0.6 is 0 Å². The molecule has 1 heterocycles. The molecular formula is C15H8F2N2O. The van der Waals surface area contributed by atoms with Crippen LogP contribution in [0.2, 0.25) is 0 Å². The zero-order chi connectivity index (χ0) is 14.1. The van der Waals surface area contributed by atoms with E-state index in [0.29, 0.717) is 11.0 Å². The Morgan fingerprint density at radius 2 is 1.65 bits per heavy atom. The Labute approximate surface area is 112 Å². The van der Waals surface area contributed by atoms with E-state index in [4.69, 9.17) is 0 Å². The minimum absolute atomic E-state index is 0.238. The number of nitrogens with zero attached hydrogens (tertiary/aromatic N) is 2. The van der Waals surface area contributed by atoms with E-state index in [2.05, 4.69) is 9.97 Å². The second-order valence-corrected chi connectivity index (χ2v) is 4.21. The van der Waals surface area contributed by atoms with Gasteiger partial charge in [-0.2, -0.15) is 0 Å².